The molecule has 0 aliphatic heterocycles. The number of imidazole rings is 1. The molecule has 0 radical (unpaired) electrons. The van der Waals surface area contributed by atoms with Gasteiger partial charge in [0.25, 0.3) is 0 Å². The molecule has 0 unspecified atom stereocenters. The molecule has 0 spiro atoms. The fourth-order valence-electron chi connectivity index (χ4n) is 2.41. The molecule has 6 N–H and O–H groups in total. The molecule has 0 bridgehead atoms. The van der Waals surface area contributed by atoms with Crippen molar-refractivity contribution in [2.24, 2.45) is 11.5 Å². The first-order valence-electron chi connectivity index (χ1n) is 10.3. The molecule has 0 fully saturated rings. The molecule has 0 aromatic carbocycles. The highest BCUT2D eigenvalue weighted by Crippen LogP contribution is 2.47. The average molecular weight is 540 g/mol. The minimum Gasteiger partial charge on any atom is -0.462 e. The topological polar surface area (TPSA) is 219 Å². The molecule has 2 aromatic heterocycles. The lowest BCUT2D eigenvalue weighted by atomic mass is 10.4. The largest absolute Gasteiger partial charge is 0.462 e. The summed E-state index contributed by atoms with van der Waals surface area (Å²) in [5.41, 5.74) is 17.6. The number of hydrogen-bond donors (Lipinski definition) is 3. The van der Waals surface area contributed by atoms with Crippen molar-refractivity contribution < 1.29 is 37.4 Å². The van der Waals surface area contributed by atoms with E-state index in [1.165, 1.54) is 26.5 Å². The van der Waals surface area contributed by atoms with Gasteiger partial charge in [-0.05, 0) is 13.8 Å². The van der Waals surface area contributed by atoms with Crippen LogP contribution < -0.4 is 17.2 Å². The van der Waals surface area contributed by atoms with Crippen LogP contribution in [0.15, 0.2) is 12.7 Å². The van der Waals surface area contributed by atoms with Gasteiger partial charge in [0.05, 0.1) is 26.1 Å². The normalized spacial score (nSPS) is 13.1. The lowest BCUT2D eigenvalue weighted by molar-refractivity contribution is -0.145. The number of esters is 2. The molecule has 2 atom stereocenters. The summed E-state index contributed by atoms with van der Waals surface area (Å²) in [4.78, 5) is 35.0. The molecule has 2 rings (SSSR count). The summed E-state index contributed by atoms with van der Waals surface area (Å²) in [7, 11) is -3.79. The zero-order valence-electron chi connectivity index (χ0n) is 19.4. The number of aromatic nitrogens is 4. The number of rotatable bonds is 15. The Hall–Kier alpha value is -2.39. The summed E-state index contributed by atoms with van der Waals surface area (Å²) in [6.45, 7) is 2.57. The van der Waals surface area contributed by atoms with E-state index in [9.17, 15) is 14.2 Å². The van der Waals surface area contributed by atoms with Gasteiger partial charge in [-0.15, -0.1) is 12.4 Å². The summed E-state index contributed by atoms with van der Waals surface area (Å²) < 4.78 is 40.6. The second kappa shape index (κ2) is 14.9. The highest BCUT2D eigenvalue weighted by Gasteiger charge is 2.26. The first kappa shape index (κ1) is 30.6. The SMILES string of the molecule is C[C@H](N)C(=O)OCCOP(=O)(COCCn1cnc2c(N)ncnc21)OCCOC(=O)[C@H](C)N.Cl. The van der Waals surface area contributed by atoms with E-state index in [0.29, 0.717) is 17.7 Å². The predicted octanol–water partition coefficient (Wildman–Crippen LogP) is -0.188. The number of halogens is 1. The maximum atomic E-state index is 13.0. The minimum atomic E-state index is -3.79. The Morgan fingerprint density at radius 1 is 0.971 bits per heavy atom. The van der Waals surface area contributed by atoms with Crippen LogP contribution >= 0.6 is 20.0 Å². The van der Waals surface area contributed by atoms with Gasteiger partial charge < -0.3 is 45.0 Å². The van der Waals surface area contributed by atoms with Crippen molar-refractivity contribution in [2.75, 3.05) is 45.1 Å². The van der Waals surface area contributed by atoms with Crippen LogP contribution in [0.2, 0.25) is 0 Å². The summed E-state index contributed by atoms with van der Waals surface area (Å²) in [6.07, 6.45) is 2.45. The molecule has 15 nitrogen and oxygen atoms in total. The van der Waals surface area contributed by atoms with Crippen LogP contribution in [0.1, 0.15) is 13.8 Å². The minimum absolute atomic E-state index is 0. The smallest absolute Gasteiger partial charge is 0.356 e. The molecule has 0 saturated heterocycles. The van der Waals surface area contributed by atoms with Crippen LogP contribution in [0.5, 0.6) is 0 Å². The quantitative estimate of drug-likeness (QED) is 0.152. The lowest BCUT2D eigenvalue weighted by Crippen LogP contribution is -2.30. The van der Waals surface area contributed by atoms with Gasteiger partial charge in [-0.2, -0.15) is 0 Å². The van der Waals surface area contributed by atoms with Gasteiger partial charge in [0.15, 0.2) is 11.5 Å². The number of ether oxygens (including phenoxy) is 3. The maximum absolute atomic E-state index is 13.0. The summed E-state index contributed by atoms with van der Waals surface area (Å²) in [6, 6.07) is -1.60. The Labute approximate surface area is 207 Å². The van der Waals surface area contributed by atoms with E-state index in [1.807, 2.05) is 0 Å². The molecule has 0 aliphatic carbocycles. The number of carbonyl (C=O) groups excluding carboxylic acids is 2. The zero-order valence-corrected chi connectivity index (χ0v) is 21.1. The van der Waals surface area contributed by atoms with Crippen molar-refractivity contribution in [2.45, 2.75) is 32.5 Å². The molecular weight excluding hydrogens is 509 g/mol. The lowest BCUT2D eigenvalue weighted by Gasteiger charge is -2.19. The van der Waals surface area contributed by atoms with Crippen LogP contribution in [0.4, 0.5) is 5.82 Å². The molecule has 2 heterocycles. The molecule has 0 saturated carbocycles. The van der Waals surface area contributed by atoms with Crippen LogP contribution in [0.25, 0.3) is 11.2 Å². The molecular formula is C18H31ClN7O8P. The molecule has 35 heavy (non-hydrogen) atoms. The second-order valence-corrected chi connectivity index (χ2v) is 9.09. The zero-order chi connectivity index (χ0) is 25.1. The number of anilines is 1. The molecule has 198 valence electrons. The number of nitrogen functional groups attached to an aromatic ring is 1. The fourth-order valence-corrected chi connectivity index (χ4v) is 3.70. The van der Waals surface area contributed by atoms with Crippen molar-refractivity contribution >= 4 is 48.9 Å². The highest BCUT2D eigenvalue weighted by atomic mass is 35.5. The third-order valence-electron chi connectivity index (χ3n) is 4.13. The van der Waals surface area contributed by atoms with Crippen LogP contribution in [-0.4, -0.2) is 82.9 Å². The van der Waals surface area contributed by atoms with Crippen molar-refractivity contribution in [1.82, 2.24) is 19.5 Å². The first-order chi connectivity index (χ1) is 16.1. The number of nitrogens with two attached hydrogens (primary N) is 3. The van der Waals surface area contributed by atoms with E-state index in [1.54, 1.807) is 4.57 Å². The first-order valence-corrected chi connectivity index (χ1v) is 12.1. The van der Waals surface area contributed by atoms with Gasteiger partial charge in [0.1, 0.15) is 43.5 Å². The average Bonchev–Trinajstić information content (AvgIpc) is 3.21. The standard InChI is InChI=1S/C18H30N7O8P.ClH/c1-12(19)17(26)30-5-7-32-34(28,33-8-6-31-18(27)13(2)20)11-29-4-3-25-10-24-14-15(21)22-9-23-16(14)25;/h9-10,12-13H,3-8,11,19-20H2,1-2H3,(H2,21,22,23);1H/t12-,13-;/m0./s1. The Kier molecular flexibility index (Phi) is 13.0. The highest BCUT2D eigenvalue weighted by molar-refractivity contribution is 7.53. The van der Waals surface area contributed by atoms with Crippen LogP contribution in [-0.2, 0) is 44.0 Å². The Balaban J connectivity index is 0.00000612. The Bertz CT molecular complexity index is 974. The van der Waals surface area contributed by atoms with E-state index in [2.05, 4.69) is 15.0 Å². The van der Waals surface area contributed by atoms with Crippen molar-refractivity contribution in [3.05, 3.63) is 12.7 Å². The van der Waals surface area contributed by atoms with Crippen molar-refractivity contribution in [1.29, 1.82) is 0 Å². The van der Waals surface area contributed by atoms with Crippen LogP contribution in [0, 0.1) is 0 Å². The molecule has 2 aromatic rings. The summed E-state index contributed by atoms with van der Waals surface area (Å²) in [5.74, 6) is -1.00. The Morgan fingerprint density at radius 2 is 1.54 bits per heavy atom. The number of fused-ring (bicyclic) bond motifs is 1. The monoisotopic (exact) mass is 539 g/mol. The van der Waals surface area contributed by atoms with E-state index < -0.39 is 38.0 Å². The number of nitrogens with zero attached hydrogens (tertiary/aromatic N) is 4. The maximum Gasteiger partial charge on any atom is 0.356 e. The van der Waals surface area contributed by atoms with E-state index >= 15 is 0 Å². The number of carbonyl (C=O) groups is 2. The van der Waals surface area contributed by atoms with Gasteiger partial charge in [-0.1, -0.05) is 0 Å². The third-order valence-corrected chi connectivity index (χ3v) is 5.78. The summed E-state index contributed by atoms with van der Waals surface area (Å²) >= 11 is 0. The van der Waals surface area contributed by atoms with Gasteiger partial charge >= 0.3 is 19.5 Å². The fraction of sp³-hybridized carbons (Fsp3) is 0.611. The molecule has 0 amide bonds. The summed E-state index contributed by atoms with van der Waals surface area (Å²) in [5, 5.41) is 0. The van der Waals surface area contributed by atoms with Gasteiger partial charge in [0, 0.05) is 6.54 Å². The molecule has 0 aliphatic rings. The number of hydrogen-bond acceptors (Lipinski definition) is 14. The second-order valence-electron chi connectivity index (χ2n) is 7.10. The van der Waals surface area contributed by atoms with Crippen molar-refractivity contribution in [3.8, 4) is 0 Å². The Morgan fingerprint density at radius 3 is 2.09 bits per heavy atom. The van der Waals surface area contributed by atoms with Gasteiger partial charge in [-0.25, -0.2) is 15.0 Å². The predicted molar refractivity (Wildman–Crippen MR) is 127 cm³/mol. The van der Waals surface area contributed by atoms with E-state index in [-0.39, 0.29) is 51.3 Å². The van der Waals surface area contributed by atoms with E-state index in [4.69, 9.17) is 40.5 Å². The van der Waals surface area contributed by atoms with E-state index in [0.717, 1.165) is 0 Å². The van der Waals surface area contributed by atoms with Gasteiger partial charge in [-0.3, -0.25) is 14.2 Å². The van der Waals surface area contributed by atoms with Gasteiger partial charge in [0.2, 0.25) is 0 Å². The van der Waals surface area contributed by atoms with Crippen molar-refractivity contribution in [3.63, 3.8) is 0 Å². The molecule has 17 heteroatoms. The third kappa shape index (κ3) is 10.0. The van der Waals surface area contributed by atoms with Crippen LogP contribution in [0.3, 0.4) is 0 Å².